The summed E-state index contributed by atoms with van der Waals surface area (Å²) in [6.07, 6.45) is 2.03. The molecule has 66 valence electrons. The van der Waals surface area contributed by atoms with Crippen molar-refractivity contribution in [2.75, 3.05) is 6.26 Å². The normalized spacial score (nSPS) is 10.6. The first kappa shape index (κ1) is 8.57. The molecule has 0 atom stereocenters. The fourth-order valence-corrected chi connectivity index (χ4v) is 1.77. The highest BCUT2D eigenvalue weighted by Crippen LogP contribution is 2.22. The van der Waals surface area contributed by atoms with E-state index in [2.05, 4.69) is 6.07 Å². The van der Waals surface area contributed by atoms with Gasteiger partial charge < -0.3 is 0 Å². The van der Waals surface area contributed by atoms with Crippen molar-refractivity contribution < 1.29 is 4.39 Å². The zero-order chi connectivity index (χ0) is 9.26. The molecule has 2 rings (SSSR count). The summed E-state index contributed by atoms with van der Waals surface area (Å²) in [7, 11) is 0. The fourth-order valence-electron chi connectivity index (χ4n) is 1.32. The highest BCUT2D eigenvalue weighted by Gasteiger charge is 1.96. The summed E-state index contributed by atoms with van der Waals surface area (Å²) >= 11 is 1.69. The van der Waals surface area contributed by atoms with Gasteiger partial charge >= 0.3 is 0 Å². The monoisotopic (exact) mass is 192 g/mol. The first-order valence-corrected chi connectivity index (χ1v) is 5.25. The number of fused-ring (bicyclic) bond motifs is 1. The SMILES string of the molecule is CSc1ccc2cc(F)ccc2c1. The van der Waals surface area contributed by atoms with Crippen LogP contribution in [0.3, 0.4) is 0 Å². The van der Waals surface area contributed by atoms with Crippen molar-refractivity contribution in [1.82, 2.24) is 0 Å². The zero-order valence-electron chi connectivity index (χ0n) is 7.25. The smallest absolute Gasteiger partial charge is 0.123 e. The van der Waals surface area contributed by atoms with E-state index in [1.54, 1.807) is 17.8 Å². The third-order valence-electron chi connectivity index (χ3n) is 2.01. The lowest BCUT2D eigenvalue weighted by Gasteiger charge is -2.00. The van der Waals surface area contributed by atoms with Crippen LogP contribution in [0.1, 0.15) is 0 Å². The molecule has 0 unspecified atom stereocenters. The first-order valence-electron chi connectivity index (χ1n) is 4.03. The molecule has 0 spiro atoms. The van der Waals surface area contributed by atoms with Crippen molar-refractivity contribution in [3.63, 3.8) is 0 Å². The molecule has 0 aliphatic rings. The third-order valence-corrected chi connectivity index (χ3v) is 2.73. The zero-order valence-corrected chi connectivity index (χ0v) is 8.07. The largest absolute Gasteiger partial charge is 0.207 e. The Bertz CT molecular complexity index is 437. The minimum Gasteiger partial charge on any atom is -0.207 e. The highest BCUT2D eigenvalue weighted by molar-refractivity contribution is 7.98. The Hall–Kier alpha value is -1.02. The van der Waals surface area contributed by atoms with E-state index >= 15 is 0 Å². The Kier molecular flexibility index (Phi) is 2.23. The van der Waals surface area contributed by atoms with Crippen LogP contribution in [0.25, 0.3) is 10.8 Å². The van der Waals surface area contributed by atoms with Crippen LogP contribution < -0.4 is 0 Å². The summed E-state index contributed by atoms with van der Waals surface area (Å²) in [5.74, 6) is -0.176. The van der Waals surface area contributed by atoms with Crippen molar-refractivity contribution >= 4 is 22.5 Å². The molecule has 0 bridgehead atoms. The number of hydrogen-bond donors (Lipinski definition) is 0. The van der Waals surface area contributed by atoms with Gasteiger partial charge in [0.25, 0.3) is 0 Å². The highest BCUT2D eigenvalue weighted by atomic mass is 32.2. The van der Waals surface area contributed by atoms with Crippen molar-refractivity contribution in [2.45, 2.75) is 4.90 Å². The first-order chi connectivity index (χ1) is 6.29. The van der Waals surface area contributed by atoms with E-state index in [-0.39, 0.29) is 5.82 Å². The van der Waals surface area contributed by atoms with E-state index in [4.69, 9.17) is 0 Å². The van der Waals surface area contributed by atoms with E-state index in [1.807, 2.05) is 24.5 Å². The summed E-state index contributed by atoms with van der Waals surface area (Å²) in [6, 6.07) is 10.9. The number of rotatable bonds is 1. The second-order valence-electron chi connectivity index (χ2n) is 2.86. The molecule has 13 heavy (non-hydrogen) atoms. The van der Waals surface area contributed by atoms with Crippen LogP contribution in [0.15, 0.2) is 41.3 Å². The molecule has 0 aromatic heterocycles. The van der Waals surface area contributed by atoms with Gasteiger partial charge in [0.1, 0.15) is 5.82 Å². The molecule has 0 saturated heterocycles. The lowest BCUT2D eigenvalue weighted by molar-refractivity contribution is 0.630. The molecule has 2 aromatic carbocycles. The second-order valence-corrected chi connectivity index (χ2v) is 3.74. The van der Waals surface area contributed by atoms with E-state index in [1.165, 1.54) is 11.0 Å². The number of benzene rings is 2. The van der Waals surface area contributed by atoms with Crippen molar-refractivity contribution in [1.29, 1.82) is 0 Å². The van der Waals surface area contributed by atoms with Crippen LogP contribution in [0.5, 0.6) is 0 Å². The van der Waals surface area contributed by atoms with Gasteiger partial charge in [-0.3, -0.25) is 0 Å². The van der Waals surface area contributed by atoms with Gasteiger partial charge in [-0.15, -0.1) is 11.8 Å². The average molecular weight is 192 g/mol. The van der Waals surface area contributed by atoms with Crippen LogP contribution in [-0.2, 0) is 0 Å². The molecule has 0 radical (unpaired) electrons. The van der Waals surface area contributed by atoms with Gasteiger partial charge in [0.2, 0.25) is 0 Å². The van der Waals surface area contributed by atoms with Crippen LogP contribution >= 0.6 is 11.8 Å². The molecule has 0 nitrogen and oxygen atoms in total. The molecular weight excluding hydrogens is 183 g/mol. The molecular formula is C11H9FS. The van der Waals surface area contributed by atoms with Crippen LogP contribution in [0, 0.1) is 5.82 Å². The van der Waals surface area contributed by atoms with Crippen molar-refractivity contribution in [3.8, 4) is 0 Å². The van der Waals surface area contributed by atoms with E-state index < -0.39 is 0 Å². The van der Waals surface area contributed by atoms with Gasteiger partial charge in [-0.1, -0.05) is 12.1 Å². The minimum absolute atomic E-state index is 0.176. The maximum Gasteiger partial charge on any atom is 0.123 e. The summed E-state index contributed by atoms with van der Waals surface area (Å²) in [5.41, 5.74) is 0. The summed E-state index contributed by atoms with van der Waals surface area (Å²) in [5, 5.41) is 2.05. The number of thioether (sulfide) groups is 1. The quantitative estimate of drug-likeness (QED) is 0.621. The third kappa shape index (κ3) is 1.68. The summed E-state index contributed by atoms with van der Waals surface area (Å²) in [6.45, 7) is 0. The summed E-state index contributed by atoms with van der Waals surface area (Å²) in [4.78, 5) is 1.21. The standard InChI is InChI=1S/C11H9FS/c1-13-11-5-3-8-6-10(12)4-2-9(8)7-11/h2-7H,1H3. The Balaban J connectivity index is 2.66. The molecule has 0 aliphatic carbocycles. The molecule has 0 aliphatic heterocycles. The fraction of sp³-hybridized carbons (Fsp3) is 0.0909. The van der Waals surface area contributed by atoms with Crippen LogP contribution in [0.2, 0.25) is 0 Å². The van der Waals surface area contributed by atoms with Crippen LogP contribution in [0.4, 0.5) is 4.39 Å². The maximum atomic E-state index is 12.8. The van der Waals surface area contributed by atoms with Gasteiger partial charge in [0.15, 0.2) is 0 Å². The van der Waals surface area contributed by atoms with Gasteiger partial charge in [0.05, 0.1) is 0 Å². The number of halogens is 1. The van der Waals surface area contributed by atoms with Crippen LogP contribution in [-0.4, -0.2) is 6.26 Å². The van der Waals surface area contributed by atoms with Gasteiger partial charge in [-0.05, 0) is 41.3 Å². The lowest BCUT2D eigenvalue weighted by atomic mass is 10.1. The van der Waals surface area contributed by atoms with E-state index in [0.717, 1.165) is 10.8 Å². The molecule has 0 fully saturated rings. The Morgan fingerprint density at radius 3 is 2.46 bits per heavy atom. The Morgan fingerprint density at radius 2 is 1.69 bits per heavy atom. The van der Waals surface area contributed by atoms with Crippen molar-refractivity contribution in [3.05, 3.63) is 42.2 Å². The summed E-state index contributed by atoms with van der Waals surface area (Å²) < 4.78 is 12.8. The second kappa shape index (κ2) is 3.38. The lowest BCUT2D eigenvalue weighted by Crippen LogP contribution is -1.77. The molecule has 0 N–H and O–H groups in total. The Morgan fingerprint density at radius 1 is 1.00 bits per heavy atom. The predicted octanol–water partition coefficient (Wildman–Crippen LogP) is 3.70. The van der Waals surface area contributed by atoms with E-state index in [9.17, 15) is 4.39 Å². The van der Waals surface area contributed by atoms with E-state index in [0.29, 0.717) is 0 Å². The predicted molar refractivity (Wildman–Crippen MR) is 55.7 cm³/mol. The maximum absolute atomic E-state index is 12.8. The minimum atomic E-state index is -0.176. The van der Waals surface area contributed by atoms with Gasteiger partial charge in [-0.25, -0.2) is 4.39 Å². The van der Waals surface area contributed by atoms with Crippen molar-refractivity contribution in [2.24, 2.45) is 0 Å². The molecule has 2 heteroatoms. The molecule has 0 heterocycles. The molecule has 2 aromatic rings. The van der Waals surface area contributed by atoms with Gasteiger partial charge in [-0.2, -0.15) is 0 Å². The molecule has 0 amide bonds. The Labute approximate surface area is 80.8 Å². The number of hydrogen-bond acceptors (Lipinski definition) is 1. The topological polar surface area (TPSA) is 0 Å². The molecule has 0 saturated carbocycles. The average Bonchev–Trinajstić information content (AvgIpc) is 2.17. The van der Waals surface area contributed by atoms with Gasteiger partial charge in [0, 0.05) is 4.90 Å².